The van der Waals surface area contributed by atoms with E-state index in [2.05, 4.69) is 10.3 Å². The standard InChI is InChI=1S/C14H16N2O2/c1-10(12-5-3-4-8-15-12)16-11-6-7-14(18-2)13(17)9-11/h3-10,16-17H,1-2H3. The highest BCUT2D eigenvalue weighted by Crippen LogP contribution is 2.29. The molecule has 1 aromatic carbocycles. The molecule has 0 saturated carbocycles. The summed E-state index contributed by atoms with van der Waals surface area (Å²) in [6, 6.07) is 11.1. The van der Waals surface area contributed by atoms with Crippen LogP contribution in [0.15, 0.2) is 42.6 Å². The Hall–Kier alpha value is -2.23. The largest absolute Gasteiger partial charge is 0.504 e. The van der Waals surface area contributed by atoms with Crippen LogP contribution in [0.25, 0.3) is 0 Å². The van der Waals surface area contributed by atoms with E-state index in [1.807, 2.05) is 31.2 Å². The monoisotopic (exact) mass is 244 g/mol. The smallest absolute Gasteiger partial charge is 0.160 e. The second kappa shape index (κ2) is 5.40. The second-order valence-corrected chi connectivity index (χ2v) is 4.01. The molecule has 0 aliphatic rings. The summed E-state index contributed by atoms with van der Waals surface area (Å²) in [7, 11) is 1.53. The summed E-state index contributed by atoms with van der Waals surface area (Å²) in [5, 5.41) is 13.0. The van der Waals surface area contributed by atoms with Gasteiger partial charge in [0.1, 0.15) is 0 Å². The third kappa shape index (κ3) is 2.71. The van der Waals surface area contributed by atoms with Gasteiger partial charge in [0.25, 0.3) is 0 Å². The fourth-order valence-corrected chi connectivity index (χ4v) is 1.74. The van der Waals surface area contributed by atoms with Gasteiger partial charge in [-0.15, -0.1) is 0 Å². The highest BCUT2D eigenvalue weighted by atomic mass is 16.5. The number of anilines is 1. The van der Waals surface area contributed by atoms with E-state index >= 15 is 0 Å². The molecule has 0 aliphatic carbocycles. The molecule has 94 valence electrons. The molecular weight excluding hydrogens is 228 g/mol. The topological polar surface area (TPSA) is 54.4 Å². The summed E-state index contributed by atoms with van der Waals surface area (Å²) in [5.74, 6) is 0.585. The Morgan fingerprint density at radius 3 is 2.72 bits per heavy atom. The van der Waals surface area contributed by atoms with E-state index in [4.69, 9.17) is 4.74 Å². The molecule has 4 nitrogen and oxygen atoms in total. The van der Waals surface area contributed by atoms with Crippen molar-refractivity contribution in [1.82, 2.24) is 4.98 Å². The quantitative estimate of drug-likeness (QED) is 0.868. The molecule has 1 aromatic heterocycles. The average molecular weight is 244 g/mol. The maximum atomic E-state index is 9.69. The van der Waals surface area contributed by atoms with Crippen molar-refractivity contribution in [3.8, 4) is 11.5 Å². The van der Waals surface area contributed by atoms with Gasteiger partial charge in [-0.3, -0.25) is 4.98 Å². The molecule has 0 fully saturated rings. The number of phenols is 1. The van der Waals surface area contributed by atoms with E-state index in [0.29, 0.717) is 5.75 Å². The number of phenolic OH excluding ortho intramolecular Hbond substituents is 1. The Morgan fingerprint density at radius 2 is 2.11 bits per heavy atom. The van der Waals surface area contributed by atoms with E-state index in [0.717, 1.165) is 11.4 Å². The molecule has 0 saturated heterocycles. The molecular formula is C14H16N2O2. The third-order valence-corrected chi connectivity index (χ3v) is 2.69. The summed E-state index contributed by atoms with van der Waals surface area (Å²) in [6.07, 6.45) is 1.76. The van der Waals surface area contributed by atoms with Crippen LogP contribution in [0, 0.1) is 0 Å². The van der Waals surface area contributed by atoms with Gasteiger partial charge in [0, 0.05) is 18.0 Å². The van der Waals surface area contributed by atoms with E-state index in [9.17, 15) is 5.11 Å². The van der Waals surface area contributed by atoms with Crippen molar-refractivity contribution >= 4 is 5.69 Å². The van der Waals surface area contributed by atoms with Crippen molar-refractivity contribution in [2.75, 3.05) is 12.4 Å². The molecule has 1 atom stereocenters. The van der Waals surface area contributed by atoms with Crippen LogP contribution in [0.5, 0.6) is 11.5 Å². The first-order valence-electron chi connectivity index (χ1n) is 5.75. The summed E-state index contributed by atoms with van der Waals surface area (Å²) in [6.45, 7) is 2.02. The molecule has 1 unspecified atom stereocenters. The van der Waals surface area contributed by atoms with Crippen molar-refractivity contribution in [3.05, 3.63) is 48.3 Å². The van der Waals surface area contributed by atoms with Crippen molar-refractivity contribution < 1.29 is 9.84 Å². The summed E-state index contributed by atoms with van der Waals surface area (Å²) < 4.78 is 5.00. The van der Waals surface area contributed by atoms with Gasteiger partial charge >= 0.3 is 0 Å². The molecule has 0 amide bonds. The Morgan fingerprint density at radius 1 is 1.28 bits per heavy atom. The zero-order valence-corrected chi connectivity index (χ0v) is 10.4. The van der Waals surface area contributed by atoms with Crippen LogP contribution < -0.4 is 10.1 Å². The SMILES string of the molecule is COc1ccc(NC(C)c2ccccn2)cc1O. The first-order chi connectivity index (χ1) is 8.70. The Labute approximate surface area is 106 Å². The van der Waals surface area contributed by atoms with Crippen molar-refractivity contribution in [3.63, 3.8) is 0 Å². The number of pyridine rings is 1. The molecule has 0 bridgehead atoms. The van der Waals surface area contributed by atoms with Gasteiger partial charge in [-0.05, 0) is 31.2 Å². The van der Waals surface area contributed by atoms with Crippen LogP contribution in [0.1, 0.15) is 18.7 Å². The van der Waals surface area contributed by atoms with Gasteiger partial charge in [-0.2, -0.15) is 0 Å². The Kier molecular flexibility index (Phi) is 3.67. The number of ether oxygens (including phenoxy) is 1. The highest BCUT2D eigenvalue weighted by Gasteiger charge is 2.08. The third-order valence-electron chi connectivity index (χ3n) is 2.69. The second-order valence-electron chi connectivity index (χ2n) is 4.01. The van der Waals surface area contributed by atoms with Crippen LogP contribution in [0.2, 0.25) is 0 Å². The van der Waals surface area contributed by atoms with Gasteiger partial charge < -0.3 is 15.2 Å². The first-order valence-corrected chi connectivity index (χ1v) is 5.75. The maximum Gasteiger partial charge on any atom is 0.160 e. The lowest BCUT2D eigenvalue weighted by molar-refractivity contribution is 0.373. The molecule has 2 aromatic rings. The van der Waals surface area contributed by atoms with E-state index in [-0.39, 0.29) is 11.8 Å². The molecule has 1 heterocycles. The summed E-state index contributed by atoms with van der Waals surface area (Å²) >= 11 is 0. The van der Waals surface area contributed by atoms with Gasteiger partial charge in [0.2, 0.25) is 0 Å². The molecule has 4 heteroatoms. The number of aromatic nitrogens is 1. The highest BCUT2D eigenvalue weighted by molar-refractivity contribution is 5.54. The lowest BCUT2D eigenvalue weighted by Gasteiger charge is -2.15. The van der Waals surface area contributed by atoms with Crippen molar-refractivity contribution in [2.45, 2.75) is 13.0 Å². The minimum atomic E-state index is 0.0685. The fraction of sp³-hybridized carbons (Fsp3) is 0.214. The van der Waals surface area contributed by atoms with Crippen LogP contribution >= 0.6 is 0 Å². The van der Waals surface area contributed by atoms with E-state index in [1.165, 1.54) is 7.11 Å². The zero-order valence-electron chi connectivity index (χ0n) is 10.4. The number of benzene rings is 1. The fourth-order valence-electron chi connectivity index (χ4n) is 1.74. The lowest BCUT2D eigenvalue weighted by atomic mass is 10.2. The number of rotatable bonds is 4. The van der Waals surface area contributed by atoms with Crippen molar-refractivity contribution in [1.29, 1.82) is 0 Å². The number of nitrogens with zero attached hydrogens (tertiary/aromatic N) is 1. The molecule has 0 radical (unpaired) electrons. The molecule has 0 spiro atoms. The zero-order chi connectivity index (χ0) is 13.0. The van der Waals surface area contributed by atoms with E-state index in [1.54, 1.807) is 18.3 Å². The minimum Gasteiger partial charge on any atom is -0.504 e. The molecule has 2 rings (SSSR count). The maximum absolute atomic E-state index is 9.69. The normalized spacial score (nSPS) is 11.9. The van der Waals surface area contributed by atoms with Gasteiger partial charge in [-0.1, -0.05) is 6.07 Å². The summed E-state index contributed by atoms with van der Waals surface area (Å²) in [5.41, 5.74) is 1.78. The van der Waals surface area contributed by atoms with Crippen LogP contribution in [-0.2, 0) is 0 Å². The Bertz CT molecular complexity index is 514. The van der Waals surface area contributed by atoms with Gasteiger partial charge in [0.15, 0.2) is 11.5 Å². The number of aromatic hydroxyl groups is 1. The average Bonchev–Trinajstić information content (AvgIpc) is 2.40. The number of nitrogens with one attached hydrogen (secondary N) is 1. The predicted molar refractivity (Wildman–Crippen MR) is 70.9 cm³/mol. The van der Waals surface area contributed by atoms with Crippen molar-refractivity contribution in [2.24, 2.45) is 0 Å². The molecule has 0 aliphatic heterocycles. The number of hydrogen-bond acceptors (Lipinski definition) is 4. The predicted octanol–water partition coefficient (Wildman–Crippen LogP) is 2.97. The van der Waals surface area contributed by atoms with Gasteiger partial charge in [-0.25, -0.2) is 0 Å². The molecule has 2 N–H and O–H groups in total. The number of hydrogen-bond donors (Lipinski definition) is 2. The lowest BCUT2D eigenvalue weighted by Crippen LogP contribution is -2.07. The van der Waals surface area contributed by atoms with Crippen LogP contribution in [0.4, 0.5) is 5.69 Å². The molecule has 18 heavy (non-hydrogen) atoms. The summed E-state index contributed by atoms with van der Waals surface area (Å²) in [4.78, 5) is 4.28. The Balaban J connectivity index is 2.12. The van der Waals surface area contributed by atoms with Crippen LogP contribution in [-0.4, -0.2) is 17.2 Å². The van der Waals surface area contributed by atoms with Crippen LogP contribution in [0.3, 0.4) is 0 Å². The van der Waals surface area contributed by atoms with E-state index < -0.39 is 0 Å². The number of methoxy groups -OCH3 is 1. The first kappa shape index (κ1) is 12.2. The minimum absolute atomic E-state index is 0.0685. The van der Waals surface area contributed by atoms with Gasteiger partial charge in [0.05, 0.1) is 18.8 Å².